The summed E-state index contributed by atoms with van der Waals surface area (Å²) in [5.74, 6) is -0.159. The number of fused-ring (bicyclic) bond motifs is 2. The van der Waals surface area contributed by atoms with Crippen molar-refractivity contribution in [3.05, 3.63) is 75.5 Å². The zero-order valence-corrected chi connectivity index (χ0v) is 11.4. The molecule has 18 heavy (non-hydrogen) atoms. The monoisotopic (exact) mass is 302 g/mol. The molecule has 0 fully saturated rings. The summed E-state index contributed by atoms with van der Waals surface area (Å²) in [4.78, 5) is 1.94. The second-order valence-electron chi connectivity index (χ2n) is 4.48. The summed E-state index contributed by atoms with van der Waals surface area (Å²) in [6, 6.07) is 13.4. The molecule has 0 unspecified atom stereocenters. The van der Waals surface area contributed by atoms with Crippen molar-refractivity contribution in [3.63, 3.8) is 0 Å². The number of hydrogen-bond donors (Lipinski definition) is 0. The Morgan fingerprint density at radius 3 is 2.50 bits per heavy atom. The van der Waals surface area contributed by atoms with E-state index in [2.05, 4.69) is 34.1 Å². The van der Waals surface area contributed by atoms with E-state index in [1.54, 1.807) is 6.07 Å². The molecule has 0 heterocycles. The van der Waals surface area contributed by atoms with Gasteiger partial charge < -0.3 is 0 Å². The Morgan fingerprint density at radius 1 is 0.944 bits per heavy atom. The van der Waals surface area contributed by atoms with E-state index >= 15 is 0 Å². The summed E-state index contributed by atoms with van der Waals surface area (Å²) < 4.78 is 13.4. The Kier molecular flexibility index (Phi) is 3.04. The topological polar surface area (TPSA) is 0 Å². The smallest absolute Gasteiger partial charge is 0.123 e. The standard InChI is InChI=1S/C16H12BrF/c17-10-16-14-4-2-1-3-11(14)5-6-12-9-13(18)7-8-15(12)16/h1-4,7-10H,5-6H2/b16-10+. The van der Waals surface area contributed by atoms with Gasteiger partial charge in [0.25, 0.3) is 0 Å². The van der Waals surface area contributed by atoms with Crippen LogP contribution < -0.4 is 0 Å². The first-order valence-electron chi connectivity index (χ1n) is 5.97. The summed E-state index contributed by atoms with van der Waals surface area (Å²) in [7, 11) is 0. The number of halogens is 2. The first-order chi connectivity index (χ1) is 8.79. The molecular weight excluding hydrogens is 291 g/mol. The lowest BCUT2D eigenvalue weighted by atomic mass is 9.95. The quantitative estimate of drug-likeness (QED) is 0.661. The van der Waals surface area contributed by atoms with Gasteiger partial charge in [-0.3, -0.25) is 0 Å². The van der Waals surface area contributed by atoms with Gasteiger partial charge in [0, 0.05) is 0 Å². The second kappa shape index (κ2) is 4.69. The fourth-order valence-corrected chi connectivity index (χ4v) is 3.06. The molecule has 2 aromatic carbocycles. The molecule has 0 N–H and O–H groups in total. The predicted molar refractivity (Wildman–Crippen MR) is 76.3 cm³/mol. The molecule has 0 bridgehead atoms. The maximum atomic E-state index is 13.4. The number of aryl methyl sites for hydroxylation is 2. The van der Waals surface area contributed by atoms with Gasteiger partial charge >= 0.3 is 0 Å². The van der Waals surface area contributed by atoms with Crippen molar-refractivity contribution in [1.29, 1.82) is 0 Å². The number of benzene rings is 2. The molecule has 2 heteroatoms. The van der Waals surface area contributed by atoms with E-state index in [0.29, 0.717) is 0 Å². The maximum Gasteiger partial charge on any atom is 0.123 e. The van der Waals surface area contributed by atoms with Crippen LogP contribution in [-0.4, -0.2) is 0 Å². The third-order valence-corrected chi connectivity index (χ3v) is 3.90. The van der Waals surface area contributed by atoms with Crippen LogP contribution in [0.15, 0.2) is 47.4 Å². The fraction of sp³-hybridized carbons (Fsp3) is 0.125. The molecule has 0 nitrogen and oxygen atoms in total. The van der Waals surface area contributed by atoms with E-state index in [1.165, 1.54) is 17.2 Å². The van der Waals surface area contributed by atoms with Crippen molar-refractivity contribution in [2.24, 2.45) is 0 Å². The zero-order valence-electron chi connectivity index (χ0n) is 9.79. The van der Waals surface area contributed by atoms with Crippen molar-refractivity contribution < 1.29 is 4.39 Å². The van der Waals surface area contributed by atoms with Gasteiger partial charge in [-0.2, -0.15) is 0 Å². The Morgan fingerprint density at radius 2 is 1.67 bits per heavy atom. The van der Waals surface area contributed by atoms with Crippen LogP contribution in [0.25, 0.3) is 5.57 Å². The minimum atomic E-state index is -0.159. The second-order valence-corrected chi connectivity index (χ2v) is 4.94. The first kappa shape index (κ1) is 11.7. The van der Waals surface area contributed by atoms with Crippen LogP contribution in [0.3, 0.4) is 0 Å². The molecule has 0 aliphatic heterocycles. The van der Waals surface area contributed by atoms with Crippen molar-refractivity contribution >= 4 is 21.5 Å². The first-order valence-corrected chi connectivity index (χ1v) is 6.88. The van der Waals surface area contributed by atoms with E-state index in [0.717, 1.165) is 29.5 Å². The summed E-state index contributed by atoms with van der Waals surface area (Å²) in [5, 5.41) is 0. The van der Waals surface area contributed by atoms with E-state index in [-0.39, 0.29) is 5.82 Å². The molecule has 3 rings (SSSR count). The van der Waals surface area contributed by atoms with E-state index in [4.69, 9.17) is 0 Å². The minimum Gasteiger partial charge on any atom is -0.207 e. The van der Waals surface area contributed by atoms with Gasteiger partial charge in [-0.15, -0.1) is 0 Å². The summed E-state index contributed by atoms with van der Waals surface area (Å²) in [6.07, 6.45) is 1.84. The van der Waals surface area contributed by atoms with E-state index in [9.17, 15) is 4.39 Å². The summed E-state index contributed by atoms with van der Waals surface area (Å²) in [6.45, 7) is 0. The minimum absolute atomic E-state index is 0.159. The van der Waals surface area contributed by atoms with Crippen LogP contribution in [0.5, 0.6) is 0 Å². The lowest BCUT2D eigenvalue weighted by molar-refractivity contribution is 0.625. The fourth-order valence-electron chi connectivity index (χ4n) is 2.56. The third kappa shape index (κ3) is 1.91. The molecule has 0 saturated heterocycles. The molecule has 0 amide bonds. The van der Waals surface area contributed by atoms with Gasteiger partial charge in [-0.1, -0.05) is 46.3 Å². The highest BCUT2D eigenvalue weighted by molar-refractivity contribution is 9.11. The summed E-state index contributed by atoms with van der Waals surface area (Å²) >= 11 is 3.45. The van der Waals surface area contributed by atoms with Crippen molar-refractivity contribution in [2.45, 2.75) is 12.8 Å². The average Bonchev–Trinajstić information content (AvgIpc) is 2.55. The van der Waals surface area contributed by atoms with Crippen LogP contribution in [-0.2, 0) is 12.8 Å². The van der Waals surface area contributed by atoms with Gasteiger partial charge in [0.15, 0.2) is 0 Å². The number of hydrogen-bond acceptors (Lipinski definition) is 0. The molecule has 0 radical (unpaired) electrons. The van der Waals surface area contributed by atoms with Crippen LogP contribution in [0, 0.1) is 5.82 Å². The Labute approximate surface area is 114 Å². The largest absolute Gasteiger partial charge is 0.207 e. The SMILES string of the molecule is Fc1ccc2c(c1)CCc1ccccc1/C2=C\Br. The zero-order chi connectivity index (χ0) is 12.5. The molecule has 0 spiro atoms. The molecule has 0 atom stereocenters. The van der Waals surface area contributed by atoms with Gasteiger partial charge in [-0.05, 0) is 57.8 Å². The highest BCUT2D eigenvalue weighted by atomic mass is 79.9. The van der Waals surface area contributed by atoms with Gasteiger partial charge in [0.2, 0.25) is 0 Å². The molecule has 0 aromatic heterocycles. The predicted octanol–water partition coefficient (Wildman–Crippen LogP) is 4.71. The highest BCUT2D eigenvalue weighted by Crippen LogP contribution is 2.34. The molecule has 90 valence electrons. The van der Waals surface area contributed by atoms with Gasteiger partial charge in [0.1, 0.15) is 5.82 Å². The Balaban J connectivity index is 2.25. The van der Waals surface area contributed by atoms with Gasteiger partial charge in [0.05, 0.1) is 0 Å². The third-order valence-electron chi connectivity index (χ3n) is 3.44. The van der Waals surface area contributed by atoms with Crippen LogP contribution in [0.4, 0.5) is 4.39 Å². The highest BCUT2D eigenvalue weighted by Gasteiger charge is 2.17. The number of rotatable bonds is 0. The van der Waals surface area contributed by atoms with Crippen LogP contribution >= 0.6 is 15.9 Å². The van der Waals surface area contributed by atoms with Gasteiger partial charge in [-0.25, -0.2) is 4.39 Å². The maximum absolute atomic E-state index is 13.4. The average molecular weight is 303 g/mol. The Bertz CT molecular complexity index is 629. The molecular formula is C16H12BrF. The van der Waals surface area contributed by atoms with E-state index in [1.807, 2.05) is 17.1 Å². The van der Waals surface area contributed by atoms with Crippen LogP contribution in [0.1, 0.15) is 22.3 Å². The van der Waals surface area contributed by atoms with E-state index < -0.39 is 0 Å². The van der Waals surface area contributed by atoms with Crippen LogP contribution in [0.2, 0.25) is 0 Å². The normalized spacial score (nSPS) is 16.0. The lowest BCUT2D eigenvalue weighted by Crippen LogP contribution is -1.92. The van der Waals surface area contributed by atoms with Crippen molar-refractivity contribution in [2.75, 3.05) is 0 Å². The van der Waals surface area contributed by atoms with Crippen molar-refractivity contribution in [3.8, 4) is 0 Å². The molecule has 2 aromatic rings. The molecule has 0 saturated carbocycles. The lowest BCUT2D eigenvalue weighted by Gasteiger charge is -2.10. The van der Waals surface area contributed by atoms with Crippen molar-refractivity contribution in [1.82, 2.24) is 0 Å². The summed E-state index contributed by atoms with van der Waals surface area (Å²) in [5.41, 5.74) is 5.90. The molecule has 1 aliphatic rings. The Hall–Kier alpha value is -1.41. The molecule has 1 aliphatic carbocycles.